The van der Waals surface area contributed by atoms with Gasteiger partial charge in [-0.05, 0) is 199 Å². The molecule has 0 radical (unpaired) electrons. The van der Waals surface area contributed by atoms with Gasteiger partial charge in [0, 0.05) is 68.2 Å². The first-order valence-corrected chi connectivity index (χ1v) is 31.9. The van der Waals surface area contributed by atoms with Gasteiger partial charge in [0.05, 0.1) is 0 Å². The molecule has 0 N–H and O–H groups in total. The molecule has 0 saturated carbocycles. The second kappa shape index (κ2) is 23.3. The average Bonchev–Trinajstić information content (AvgIpc) is 2.77. The van der Waals surface area contributed by atoms with E-state index in [9.17, 15) is 0 Å². The van der Waals surface area contributed by atoms with Crippen molar-refractivity contribution in [2.75, 3.05) is 19.6 Å². The van der Waals surface area contributed by atoms with Crippen molar-refractivity contribution in [2.24, 2.45) is 0 Å². The molecule has 438 valence electrons. The first-order valence-electron chi connectivity index (χ1n) is 31.9. The van der Waals surface area contributed by atoms with Gasteiger partial charge in [-0.25, -0.2) is 0 Å². The normalized spacial score (nSPS) is 13.0. The van der Waals surface area contributed by atoms with Gasteiger partial charge in [0.15, 0.2) is 0 Å². The van der Waals surface area contributed by atoms with Gasteiger partial charge >= 0.3 is 0 Å². The number of nitrogens with zero attached hydrogens (tertiary/aromatic N) is 4. The molecule has 87 heavy (non-hydrogen) atoms. The molecule has 0 fully saturated rings. The van der Waals surface area contributed by atoms with Crippen LogP contribution in [0.15, 0.2) is 231 Å². The van der Waals surface area contributed by atoms with E-state index in [4.69, 9.17) is 0 Å². The fraction of sp³-hybridized carbons (Fsp3) is 0.268. The van der Waals surface area contributed by atoms with E-state index in [0.717, 1.165) is 63.3 Å². The maximum atomic E-state index is 2.57. The molecule has 0 atom stereocenters. The van der Waals surface area contributed by atoms with E-state index in [1.807, 2.05) is 0 Å². The Bertz CT molecular complexity index is 3690. The predicted octanol–water partition coefficient (Wildman–Crippen LogP) is 21.7. The summed E-state index contributed by atoms with van der Waals surface area (Å²) >= 11 is 0. The quantitative estimate of drug-likeness (QED) is 0.0795. The van der Waals surface area contributed by atoms with Crippen LogP contribution in [-0.4, -0.2) is 6.71 Å². The monoisotopic (exact) mass is 1140 g/mol. The second-order valence-electron chi connectivity index (χ2n) is 28.6. The number of fused-ring (bicyclic) bond motifs is 4. The molecule has 5 heteroatoms. The zero-order valence-electron chi connectivity index (χ0n) is 53.8. The Labute approximate surface area is 521 Å². The molecule has 0 spiro atoms. The van der Waals surface area contributed by atoms with Crippen molar-refractivity contribution in [1.29, 1.82) is 0 Å². The Morgan fingerprint density at radius 1 is 0.322 bits per heavy atom. The van der Waals surface area contributed by atoms with Crippen LogP contribution in [0.2, 0.25) is 0 Å². The summed E-state index contributed by atoms with van der Waals surface area (Å²) in [5.74, 6) is 0. The summed E-state index contributed by atoms with van der Waals surface area (Å²) in [5.41, 5.74) is 26.5. The first kappa shape index (κ1) is 58.8. The Morgan fingerprint density at radius 2 is 0.690 bits per heavy atom. The van der Waals surface area contributed by atoms with Crippen LogP contribution in [0, 0.1) is 0 Å². The van der Waals surface area contributed by atoms with Crippen LogP contribution < -0.4 is 36.0 Å². The fourth-order valence-corrected chi connectivity index (χ4v) is 13.1. The number of hydrogen-bond acceptors (Lipinski definition) is 4. The van der Waals surface area contributed by atoms with Crippen molar-refractivity contribution >= 4 is 91.3 Å². The topological polar surface area (TPSA) is 13.0 Å². The molecule has 12 rings (SSSR count). The van der Waals surface area contributed by atoms with Crippen LogP contribution in [0.4, 0.5) is 68.2 Å². The van der Waals surface area contributed by atoms with Crippen molar-refractivity contribution in [1.82, 2.24) is 0 Å². The SMILES string of the molecule is CCCCCCc1cccc(-c2cc3c4c(c2)N(c2ccccc2)c2cc(N(c5ccc(C(C)(C)C)cc5)c5ccc(C(C)(C)C)cc5)ccc2B4c2ccc(N(c4ccc(C(C)(C)C)cc4)c4ccc(C(C)(C)C)cc4)cc2N3c2ccccc2)c1. The summed E-state index contributed by atoms with van der Waals surface area (Å²) in [6, 6.07) is 88.2. The molecule has 0 bridgehead atoms. The molecule has 0 amide bonds. The van der Waals surface area contributed by atoms with Gasteiger partial charge in [-0.2, -0.15) is 0 Å². The second-order valence-corrected chi connectivity index (χ2v) is 28.6. The van der Waals surface area contributed by atoms with Gasteiger partial charge in [-0.3, -0.25) is 0 Å². The summed E-state index contributed by atoms with van der Waals surface area (Å²) in [6.45, 7) is 29.7. The highest BCUT2D eigenvalue weighted by Crippen LogP contribution is 2.49. The highest BCUT2D eigenvalue weighted by Gasteiger charge is 2.44. The lowest BCUT2D eigenvalue weighted by atomic mass is 9.33. The Hall–Kier alpha value is -8.54. The highest BCUT2D eigenvalue weighted by molar-refractivity contribution is 7.00. The molecular formula is C82H87BN4. The molecule has 2 heterocycles. The third kappa shape index (κ3) is 11.8. The van der Waals surface area contributed by atoms with E-state index in [-0.39, 0.29) is 28.4 Å². The molecule has 0 unspecified atom stereocenters. The lowest BCUT2D eigenvalue weighted by Gasteiger charge is -2.45. The lowest BCUT2D eigenvalue weighted by Crippen LogP contribution is -2.61. The molecule has 10 aromatic carbocycles. The summed E-state index contributed by atoms with van der Waals surface area (Å²) in [5, 5.41) is 0. The molecular weight excluding hydrogens is 1050 g/mol. The number of benzene rings is 10. The minimum Gasteiger partial charge on any atom is -0.311 e. The van der Waals surface area contributed by atoms with E-state index in [1.54, 1.807) is 0 Å². The summed E-state index contributed by atoms with van der Waals surface area (Å²) in [6.07, 6.45) is 5.99. The van der Waals surface area contributed by atoms with Crippen molar-refractivity contribution in [3.8, 4) is 11.1 Å². The predicted molar refractivity (Wildman–Crippen MR) is 378 cm³/mol. The number of hydrogen-bond donors (Lipinski definition) is 0. The lowest BCUT2D eigenvalue weighted by molar-refractivity contribution is 0.590. The molecule has 4 nitrogen and oxygen atoms in total. The van der Waals surface area contributed by atoms with Crippen LogP contribution in [0.3, 0.4) is 0 Å². The number of anilines is 12. The van der Waals surface area contributed by atoms with Crippen LogP contribution >= 0.6 is 0 Å². The third-order valence-corrected chi connectivity index (χ3v) is 18.1. The van der Waals surface area contributed by atoms with Gasteiger partial charge in [0.25, 0.3) is 6.71 Å². The van der Waals surface area contributed by atoms with Crippen molar-refractivity contribution < 1.29 is 0 Å². The standard InChI is InChI=1S/C82H87BN4/c1-14-15-16-19-25-57-26-24-27-58(52-57)59-53-76-78-77(54-59)87(65-30-22-18-23-31-65)75-56-71(85(68-44-36-62(37-45-68)81(8,9)10)69-46-38-63(39-47-69)82(11,12)13)49-51-73(75)83(78)72-50-48-70(55-74(72)86(76)64-28-20-17-21-29-64)84(66-40-32-60(33-41-66)79(2,3)4)67-42-34-61(35-43-67)80(5,6)7/h17-18,20-24,26-56H,14-16,19,25H2,1-13H3. The Balaban J connectivity index is 1.13. The van der Waals surface area contributed by atoms with Gasteiger partial charge in [0.2, 0.25) is 0 Å². The Kier molecular flexibility index (Phi) is 15.7. The molecule has 0 saturated heterocycles. The molecule has 10 aromatic rings. The summed E-state index contributed by atoms with van der Waals surface area (Å²) in [4.78, 5) is 10.1. The van der Waals surface area contributed by atoms with Crippen LogP contribution in [0.25, 0.3) is 11.1 Å². The Morgan fingerprint density at radius 3 is 1.05 bits per heavy atom. The largest absolute Gasteiger partial charge is 0.311 e. The minimum absolute atomic E-state index is 0.0155. The first-order chi connectivity index (χ1) is 41.6. The van der Waals surface area contributed by atoms with Crippen molar-refractivity contribution in [2.45, 2.75) is 144 Å². The van der Waals surface area contributed by atoms with Crippen molar-refractivity contribution in [3.63, 3.8) is 0 Å². The van der Waals surface area contributed by atoms with Gasteiger partial charge in [0.1, 0.15) is 0 Å². The molecule has 2 aliphatic heterocycles. The van der Waals surface area contributed by atoms with Gasteiger partial charge in [-0.1, -0.05) is 231 Å². The fourth-order valence-electron chi connectivity index (χ4n) is 13.1. The van der Waals surface area contributed by atoms with Gasteiger partial charge < -0.3 is 19.6 Å². The van der Waals surface area contributed by atoms with Crippen LogP contribution in [0.1, 0.15) is 144 Å². The van der Waals surface area contributed by atoms with Crippen LogP contribution in [0.5, 0.6) is 0 Å². The minimum atomic E-state index is -0.113. The van der Waals surface area contributed by atoms with E-state index in [1.165, 1.54) is 92.4 Å². The zero-order valence-corrected chi connectivity index (χ0v) is 53.8. The van der Waals surface area contributed by atoms with E-state index >= 15 is 0 Å². The zero-order chi connectivity index (χ0) is 61.0. The highest BCUT2D eigenvalue weighted by atomic mass is 15.2. The van der Waals surface area contributed by atoms with Crippen molar-refractivity contribution in [3.05, 3.63) is 258 Å². The van der Waals surface area contributed by atoms with E-state index < -0.39 is 0 Å². The number of para-hydroxylation sites is 2. The third-order valence-electron chi connectivity index (χ3n) is 18.1. The van der Waals surface area contributed by atoms with E-state index in [2.05, 4.69) is 340 Å². The van der Waals surface area contributed by atoms with Gasteiger partial charge in [-0.15, -0.1) is 0 Å². The summed E-state index contributed by atoms with van der Waals surface area (Å²) in [7, 11) is 0. The molecule has 0 aromatic heterocycles. The number of unbranched alkanes of at least 4 members (excludes halogenated alkanes) is 3. The average molecular weight is 1140 g/mol. The molecule has 2 aliphatic rings. The van der Waals surface area contributed by atoms with E-state index in [0.29, 0.717) is 0 Å². The summed E-state index contributed by atoms with van der Waals surface area (Å²) < 4.78 is 0. The maximum absolute atomic E-state index is 2.57. The smallest absolute Gasteiger partial charge is 0.252 e. The maximum Gasteiger partial charge on any atom is 0.252 e. The number of aryl methyl sites for hydroxylation is 1. The molecule has 0 aliphatic carbocycles. The van der Waals surface area contributed by atoms with Crippen LogP contribution in [-0.2, 0) is 28.1 Å². The number of rotatable bonds is 14.